The van der Waals surface area contributed by atoms with Crippen LogP contribution in [0.3, 0.4) is 0 Å². The summed E-state index contributed by atoms with van der Waals surface area (Å²) in [6.07, 6.45) is 0. The fourth-order valence-electron chi connectivity index (χ4n) is 2.33. The van der Waals surface area contributed by atoms with Crippen molar-refractivity contribution in [2.45, 2.75) is 19.5 Å². The van der Waals surface area contributed by atoms with Gasteiger partial charge in [-0.25, -0.2) is 4.39 Å². The molecule has 1 saturated heterocycles. The van der Waals surface area contributed by atoms with E-state index in [4.69, 9.17) is 11.6 Å². The fourth-order valence-corrected chi connectivity index (χ4v) is 4.06. The van der Waals surface area contributed by atoms with Gasteiger partial charge in [0.05, 0.1) is 0 Å². The average molecular weight is 372 g/mol. The van der Waals surface area contributed by atoms with Gasteiger partial charge < -0.3 is 5.32 Å². The summed E-state index contributed by atoms with van der Waals surface area (Å²) in [4.78, 5) is 0. The molecule has 0 aliphatic carbocycles. The highest BCUT2D eigenvalue weighted by Gasteiger charge is 2.33. The second-order valence-electron chi connectivity index (χ2n) is 5.13. The van der Waals surface area contributed by atoms with Gasteiger partial charge in [-0.1, -0.05) is 17.7 Å². The predicted molar refractivity (Wildman–Crippen MR) is 88.1 cm³/mol. The van der Waals surface area contributed by atoms with E-state index in [0.717, 1.165) is 4.31 Å². The number of rotatable bonds is 4. The maximum Gasteiger partial charge on any atom is 0.282 e. The fraction of sp³-hybridized carbons (Fsp3) is 0.538. The standard InChI is InChI=1S/C13H19ClFN3O2S.ClH/c1-10-8-16-6-7-18(10)21(19,20)17(2)9-11-12(14)4-3-5-13(11)15;/h3-5,10,16H,6-9H2,1-2H3;1H. The molecule has 0 amide bonds. The smallest absolute Gasteiger partial charge is 0.282 e. The zero-order chi connectivity index (χ0) is 15.6. The minimum absolute atomic E-state index is 0. The summed E-state index contributed by atoms with van der Waals surface area (Å²) in [7, 11) is -2.20. The molecule has 22 heavy (non-hydrogen) atoms. The Morgan fingerprint density at radius 1 is 1.50 bits per heavy atom. The topological polar surface area (TPSA) is 52.7 Å². The van der Waals surface area contributed by atoms with E-state index in [9.17, 15) is 12.8 Å². The van der Waals surface area contributed by atoms with Crippen LogP contribution in [0.25, 0.3) is 0 Å². The second-order valence-corrected chi connectivity index (χ2v) is 7.52. The van der Waals surface area contributed by atoms with Gasteiger partial charge in [0.1, 0.15) is 5.82 Å². The first-order chi connectivity index (χ1) is 9.84. The first-order valence-electron chi connectivity index (χ1n) is 6.70. The van der Waals surface area contributed by atoms with E-state index in [0.29, 0.717) is 19.6 Å². The molecule has 1 N–H and O–H groups in total. The molecule has 1 atom stereocenters. The van der Waals surface area contributed by atoms with Gasteiger partial charge in [-0.2, -0.15) is 17.0 Å². The molecule has 1 aromatic carbocycles. The lowest BCUT2D eigenvalue weighted by Gasteiger charge is -2.35. The number of hydrogen-bond donors (Lipinski definition) is 1. The summed E-state index contributed by atoms with van der Waals surface area (Å²) < 4.78 is 41.5. The lowest BCUT2D eigenvalue weighted by atomic mass is 10.2. The zero-order valence-electron chi connectivity index (χ0n) is 12.4. The van der Waals surface area contributed by atoms with Crippen molar-refractivity contribution >= 4 is 34.2 Å². The van der Waals surface area contributed by atoms with Crippen LogP contribution in [0, 0.1) is 5.82 Å². The lowest BCUT2D eigenvalue weighted by Crippen LogP contribution is -2.55. The van der Waals surface area contributed by atoms with Gasteiger partial charge in [-0.05, 0) is 19.1 Å². The molecule has 1 heterocycles. The van der Waals surface area contributed by atoms with Crippen LogP contribution >= 0.6 is 24.0 Å². The Labute approximate surface area is 142 Å². The van der Waals surface area contributed by atoms with Gasteiger partial charge in [0.2, 0.25) is 0 Å². The molecule has 0 bridgehead atoms. The van der Waals surface area contributed by atoms with Crippen LogP contribution in [0.15, 0.2) is 18.2 Å². The number of benzene rings is 1. The van der Waals surface area contributed by atoms with Crippen molar-refractivity contribution in [3.05, 3.63) is 34.6 Å². The van der Waals surface area contributed by atoms with E-state index in [1.165, 1.54) is 23.5 Å². The van der Waals surface area contributed by atoms with Crippen molar-refractivity contribution in [3.8, 4) is 0 Å². The van der Waals surface area contributed by atoms with Crippen molar-refractivity contribution in [1.29, 1.82) is 0 Å². The van der Waals surface area contributed by atoms with Gasteiger partial charge in [0.15, 0.2) is 0 Å². The molecule has 1 aliphatic heterocycles. The van der Waals surface area contributed by atoms with Crippen LogP contribution in [0.1, 0.15) is 12.5 Å². The Hall–Kier alpha value is -0.440. The van der Waals surface area contributed by atoms with Gasteiger partial charge in [-0.15, -0.1) is 12.4 Å². The Morgan fingerprint density at radius 3 is 2.77 bits per heavy atom. The SMILES string of the molecule is CC1CNCCN1S(=O)(=O)N(C)Cc1c(F)cccc1Cl.Cl. The number of nitrogens with zero attached hydrogens (tertiary/aromatic N) is 2. The molecule has 0 spiro atoms. The monoisotopic (exact) mass is 371 g/mol. The van der Waals surface area contributed by atoms with E-state index in [1.807, 2.05) is 6.92 Å². The minimum Gasteiger partial charge on any atom is -0.314 e. The highest BCUT2D eigenvalue weighted by atomic mass is 35.5. The van der Waals surface area contributed by atoms with Crippen LogP contribution in [-0.2, 0) is 16.8 Å². The predicted octanol–water partition coefficient (Wildman–Crippen LogP) is 1.87. The van der Waals surface area contributed by atoms with E-state index in [2.05, 4.69) is 5.32 Å². The Bertz CT molecular complexity index is 595. The second kappa shape index (κ2) is 7.90. The van der Waals surface area contributed by atoms with Crippen molar-refractivity contribution < 1.29 is 12.8 Å². The summed E-state index contributed by atoms with van der Waals surface area (Å²) in [6, 6.07) is 4.18. The number of hydrogen-bond acceptors (Lipinski definition) is 3. The Kier molecular flexibility index (Phi) is 7.04. The largest absolute Gasteiger partial charge is 0.314 e. The molecule has 5 nitrogen and oxygen atoms in total. The molecule has 9 heteroatoms. The highest BCUT2D eigenvalue weighted by molar-refractivity contribution is 7.86. The van der Waals surface area contributed by atoms with E-state index in [-0.39, 0.29) is 35.6 Å². The molecule has 0 radical (unpaired) electrons. The summed E-state index contributed by atoms with van der Waals surface area (Å²) in [6.45, 7) is 3.36. The Balaban J connectivity index is 0.00000242. The molecule has 0 aromatic heterocycles. The summed E-state index contributed by atoms with van der Waals surface area (Å²) in [5.41, 5.74) is 0.188. The normalized spacial score (nSPS) is 20.0. The van der Waals surface area contributed by atoms with Crippen LogP contribution in [0.2, 0.25) is 5.02 Å². The first kappa shape index (κ1) is 19.6. The van der Waals surface area contributed by atoms with Crippen LogP contribution < -0.4 is 5.32 Å². The molecular weight excluding hydrogens is 352 g/mol. The zero-order valence-corrected chi connectivity index (χ0v) is 14.8. The Morgan fingerprint density at radius 2 is 2.18 bits per heavy atom. The minimum atomic E-state index is -3.64. The molecular formula is C13H20Cl2FN3O2S. The number of piperazine rings is 1. The quantitative estimate of drug-likeness (QED) is 0.878. The van der Waals surface area contributed by atoms with Crippen LogP contribution in [-0.4, -0.2) is 49.8 Å². The van der Waals surface area contributed by atoms with Crippen LogP contribution in [0.5, 0.6) is 0 Å². The van der Waals surface area contributed by atoms with E-state index in [1.54, 1.807) is 6.07 Å². The first-order valence-corrected chi connectivity index (χ1v) is 8.48. The average Bonchev–Trinajstić information content (AvgIpc) is 2.43. The molecule has 1 aliphatic rings. The number of nitrogens with one attached hydrogen (secondary N) is 1. The van der Waals surface area contributed by atoms with E-state index >= 15 is 0 Å². The molecule has 0 saturated carbocycles. The van der Waals surface area contributed by atoms with Crippen molar-refractivity contribution in [2.24, 2.45) is 0 Å². The molecule has 1 aromatic rings. The van der Waals surface area contributed by atoms with Crippen molar-refractivity contribution in [2.75, 3.05) is 26.7 Å². The van der Waals surface area contributed by atoms with Crippen LogP contribution in [0.4, 0.5) is 4.39 Å². The van der Waals surface area contributed by atoms with Gasteiger partial charge in [-0.3, -0.25) is 0 Å². The van der Waals surface area contributed by atoms with Gasteiger partial charge in [0, 0.05) is 49.9 Å². The van der Waals surface area contributed by atoms with E-state index < -0.39 is 16.0 Å². The van der Waals surface area contributed by atoms with Gasteiger partial charge >= 0.3 is 0 Å². The third-order valence-electron chi connectivity index (χ3n) is 3.57. The van der Waals surface area contributed by atoms with Crippen molar-refractivity contribution in [1.82, 2.24) is 13.9 Å². The summed E-state index contributed by atoms with van der Waals surface area (Å²) in [5.74, 6) is -0.502. The highest BCUT2D eigenvalue weighted by Crippen LogP contribution is 2.23. The molecule has 126 valence electrons. The maximum absolute atomic E-state index is 13.8. The van der Waals surface area contributed by atoms with Crippen molar-refractivity contribution in [3.63, 3.8) is 0 Å². The summed E-state index contributed by atoms with van der Waals surface area (Å²) >= 11 is 5.95. The molecule has 1 fully saturated rings. The maximum atomic E-state index is 13.8. The molecule has 2 rings (SSSR count). The third-order valence-corrected chi connectivity index (χ3v) is 5.98. The lowest BCUT2D eigenvalue weighted by molar-refractivity contribution is 0.262. The number of halogens is 3. The summed E-state index contributed by atoms with van der Waals surface area (Å²) in [5, 5.41) is 3.36. The third kappa shape index (κ3) is 4.10. The molecule has 1 unspecified atom stereocenters. The van der Waals surface area contributed by atoms with Gasteiger partial charge in [0.25, 0.3) is 10.2 Å².